The fraction of sp³-hybridized carbons (Fsp3) is 1.00. The Kier molecular flexibility index (Phi) is 16.9. The van der Waals surface area contributed by atoms with E-state index < -0.39 is 10.1 Å². The summed E-state index contributed by atoms with van der Waals surface area (Å²) < 4.78 is 35.1. The van der Waals surface area contributed by atoms with Gasteiger partial charge in [0.2, 0.25) is 0 Å². The summed E-state index contributed by atoms with van der Waals surface area (Å²) in [5, 5.41) is 0. The molecule has 16 heavy (non-hydrogen) atoms. The Morgan fingerprint density at radius 3 is 2.00 bits per heavy atom. The average molecular weight is 372 g/mol. The predicted octanol–water partition coefficient (Wildman–Crippen LogP) is 3.87. The van der Waals surface area contributed by atoms with E-state index in [-0.39, 0.29) is 20.7 Å². The van der Waals surface area contributed by atoms with Crippen LogP contribution in [0, 0.1) is 0 Å². The molecule has 0 rings (SSSR count). The molecule has 8 heteroatoms. The minimum atomic E-state index is -3.88. The van der Waals surface area contributed by atoms with Crippen LogP contribution in [0.1, 0.15) is 45.4 Å². The van der Waals surface area contributed by atoms with Crippen molar-refractivity contribution in [3.8, 4) is 0 Å². The third kappa shape index (κ3) is 17.4. The van der Waals surface area contributed by atoms with E-state index in [1.165, 1.54) is 6.42 Å². The van der Waals surface area contributed by atoms with E-state index in [9.17, 15) is 12.9 Å². The summed E-state index contributed by atoms with van der Waals surface area (Å²) in [4.78, 5) is 0. The Morgan fingerprint density at radius 1 is 1.12 bits per heavy atom. The molecule has 0 unspecified atom stereocenters. The molecule has 0 atom stereocenters. The summed E-state index contributed by atoms with van der Waals surface area (Å²) >= 11 is -0.363. The molecule has 0 N–H and O–H groups in total. The Hall–Kier alpha value is 0.968. The number of hydrogen-bond donors (Lipinski definition) is 0. The molecule has 0 spiro atoms. The van der Waals surface area contributed by atoms with E-state index in [1.54, 1.807) is 0 Å². The van der Waals surface area contributed by atoms with Gasteiger partial charge in [0.1, 0.15) is 0 Å². The summed E-state index contributed by atoms with van der Waals surface area (Å²) in [5.74, 6) is -0.213. The molecular formula is C8H17FMoO3S3. The van der Waals surface area contributed by atoms with Crippen molar-refractivity contribution in [3.63, 3.8) is 0 Å². The van der Waals surface area contributed by atoms with E-state index in [0.717, 1.165) is 25.7 Å². The second-order valence-corrected chi connectivity index (χ2v) is 8.36. The molecule has 0 heterocycles. The molecule has 0 fully saturated rings. The van der Waals surface area contributed by atoms with Crippen molar-refractivity contribution in [1.29, 1.82) is 0 Å². The Bertz CT molecular complexity index is 276. The molecule has 0 aromatic carbocycles. The maximum atomic E-state index is 11.3. The van der Waals surface area contributed by atoms with Gasteiger partial charge < -0.3 is 0 Å². The van der Waals surface area contributed by atoms with E-state index in [1.807, 2.05) is 0 Å². The van der Waals surface area contributed by atoms with Gasteiger partial charge in [0.15, 0.2) is 0 Å². The minimum absolute atomic E-state index is 0.213. The van der Waals surface area contributed by atoms with E-state index in [2.05, 4.69) is 31.0 Å². The molecule has 0 aliphatic heterocycles. The number of halogens is 1. The van der Waals surface area contributed by atoms with E-state index >= 15 is 0 Å². The van der Waals surface area contributed by atoms with Gasteiger partial charge in [0.25, 0.3) is 10.1 Å². The van der Waals surface area contributed by atoms with Crippen LogP contribution in [-0.4, -0.2) is 14.2 Å². The third-order valence-corrected chi connectivity index (χ3v) is 2.82. The van der Waals surface area contributed by atoms with Crippen molar-refractivity contribution in [1.82, 2.24) is 0 Å². The van der Waals surface area contributed by atoms with Crippen molar-refractivity contribution in [2.45, 2.75) is 45.4 Å². The van der Waals surface area contributed by atoms with Crippen molar-refractivity contribution in [2.24, 2.45) is 0 Å². The second-order valence-electron chi connectivity index (χ2n) is 3.16. The second kappa shape index (κ2) is 14.0. The van der Waals surface area contributed by atoms with Crippen LogP contribution in [0.25, 0.3) is 0 Å². The normalized spacial score (nSPS) is 10.4. The van der Waals surface area contributed by atoms with Crippen molar-refractivity contribution in [2.75, 3.05) is 5.75 Å². The van der Waals surface area contributed by atoms with Crippen molar-refractivity contribution >= 4 is 29.8 Å². The molecule has 0 radical (unpaired) electrons. The van der Waals surface area contributed by atoms with Crippen LogP contribution in [0.4, 0.5) is 4.53 Å². The zero-order valence-electron chi connectivity index (χ0n) is 9.19. The number of unbranched alkanes of at least 4 members (excludes halogenated alkanes) is 5. The third-order valence-electron chi connectivity index (χ3n) is 1.84. The van der Waals surface area contributed by atoms with E-state index in [4.69, 9.17) is 0 Å². The SMILES string of the molecule is CCCCCCCCS(=O)(=O)OF.[S]=[Mo]=[S]. The number of rotatable bonds is 8. The topological polar surface area (TPSA) is 43.4 Å². The van der Waals surface area contributed by atoms with Crippen molar-refractivity contribution < 1.29 is 32.3 Å². The summed E-state index contributed by atoms with van der Waals surface area (Å²) in [7, 11) is 4.80. The quantitative estimate of drug-likeness (QED) is 0.478. The molecule has 0 amide bonds. The fourth-order valence-corrected chi connectivity index (χ4v) is 1.71. The first-order valence-corrected chi connectivity index (χ1v) is 12.1. The molecule has 3 nitrogen and oxygen atoms in total. The molecule has 0 saturated heterocycles. The predicted molar refractivity (Wildman–Crippen MR) is 64.5 cm³/mol. The number of hydrogen-bond acceptors (Lipinski definition) is 5. The van der Waals surface area contributed by atoms with Gasteiger partial charge in [-0.15, -0.1) is 0 Å². The summed E-state index contributed by atoms with van der Waals surface area (Å²) in [6, 6.07) is 0. The van der Waals surface area contributed by atoms with Gasteiger partial charge in [-0.25, -0.2) is 0 Å². The van der Waals surface area contributed by atoms with Crippen LogP contribution in [0.3, 0.4) is 0 Å². The summed E-state index contributed by atoms with van der Waals surface area (Å²) in [6.07, 6.45) is 5.76. The zero-order chi connectivity index (χ0) is 12.9. The van der Waals surface area contributed by atoms with Crippen LogP contribution in [0.2, 0.25) is 0 Å². The molecule has 0 aromatic heterocycles. The summed E-state index contributed by atoms with van der Waals surface area (Å²) in [6.45, 7) is 2.11. The first kappa shape index (κ1) is 19.3. The maximum absolute atomic E-state index is 11.3. The van der Waals surface area contributed by atoms with Gasteiger partial charge in [-0.1, -0.05) is 43.4 Å². The molecule has 0 saturated carbocycles. The van der Waals surface area contributed by atoms with Crippen LogP contribution < -0.4 is 0 Å². The van der Waals surface area contributed by atoms with Crippen molar-refractivity contribution in [3.05, 3.63) is 0 Å². The van der Waals surface area contributed by atoms with Gasteiger partial charge in [-0.05, 0) is 10.9 Å². The Morgan fingerprint density at radius 2 is 1.56 bits per heavy atom. The first-order valence-electron chi connectivity index (χ1n) is 4.98. The van der Waals surface area contributed by atoms with Crippen LogP contribution in [0.15, 0.2) is 0 Å². The molecule has 98 valence electrons. The summed E-state index contributed by atoms with van der Waals surface area (Å²) in [5.41, 5.74) is 0. The molecule has 0 aromatic rings. The van der Waals surface area contributed by atoms with Gasteiger partial charge in [-0.2, -0.15) is 8.42 Å². The molecule has 0 aliphatic carbocycles. The zero-order valence-corrected chi connectivity index (χ0v) is 13.6. The van der Waals surface area contributed by atoms with E-state index in [0.29, 0.717) is 6.42 Å². The fourth-order valence-electron chi connectivity index (χ4n) is 1.09. The van der Waals surface area contributed by atoms with Gasteiger partial charge in [0.05, 0.1) is 5.75 Å². The van der Waals surface area contributed by atoms with Gasteiger partial charge >= 0.3 is 34.6 Å². The Labute approximate surface area is 113 Å². The average Bonchev–Trinajstić information content (AvgIpc) is 2.24. The molecule has 0 bridgehead atoms. The first-order chi connectivity index (χ1) is 7.54. The van der Waals surface area contributed by atoms with Crippen LogP contribution in [0.5, 0.6) is 0 Å². The molecule has 0 aliphatic rings. The van der Waals surface area contributed by atoms with Crippen LogP contribution >= 0.6 is 19.6 Å². The molecular weight excluding hydrogens is 355 g/mol. The monoisotopic (exact) mass is 374 g/mol. The van der Waals surface area contributed by atoms with Crippen LogP contribution in [-0.2, 0) is 29.4 Å². The van der Waals surface area contributed by atoms with Gasteiger partial charge in [0, 0.05) is 0 Å². The van der Waals surface area contributed by atoms with Gasteiger partial charge in [-0.3, -0.25) is 0 Å². The Balaban J connectivity index is 0. The standard InChI is InChI=1S/C8H17FO3S.Mo.2S/c1-2-3-4-5-6-7-8-13(10,11)12-9;;;/h2-8H2,1H3;;;.